The first-order chi connectivity index (χ1) is 16.7. The van der Waals surface area contributed by atoms with Crippen molar-refractivity contribution < 1.29 is 50.3 Å². The molecule has 9 nitrogen and oxygen atoms in total. The lowest BCUT2D eigenvalue weighted by Gasteiger charge is -2.49. The summed E-state index contributed by atoms with van der Waals surface area (Å²) in [5, 5.41) is -5.08. The standard InChI is InChI=1S/C24H34F2O9S/c1-13-3-16-7-19(11-23(9-13,10-16)35-22(29)24(25,26)36(30,31)32)33-12-20(27)34-18-6-15-4-14(2)21(28)17(5-15)8-18/h13-19H,3-12H2,1-2H3,(H,30,31,32). The molecule has 0 saturated heterocycles. The second kappa shape index (κ2) is 9.90. The zero-order chi connectivity index (χ0) is 26.5. The van der Waals surface area contributed by atoms with Crippen LogP contribution in [0.4, 0.5) is 8.78 Å². The fourth-order valence-electron chi connectivity index (χ4n) is 7.14. The molecular formula is C24H34F2O9S. The number of ether oxygens (including phenoxy) is 3. The predicted molar refractivity (Wildman–Crippen MR) is 120 cm³/mol. The quantitative estimate of drug-likeness (QED) is 0.384. The van der Waals surface area contributed by atoms with Crippen LogP contribution in [0.3, 0.4) is 0 Å². The topological polar surface area (TPSA) is 133 Å². The van der Waals surface area contributed by atoms with Crippen LogP contribution in [0.2, 0.25) is 0 Å². The number of hydrogen-bond acceptors (Lipinski definition) is 8. The maximum atomic E-state index is 13.9. The summed E-state index contributed by atoms with van der Waals surface area (Å²) in [6.07, 6.45) is 3.75. The van der Waals surface area contributed by atoms with E-state index in [1.165, 1.54) is 0 Å². The largest absolute Gasteiger partial charge is 0.465 e. The van der Waals surface area contributed by atoms with Gasteiger partial charge in [0.05, 0.1) is 6.10 Å². The molecule has 0 aromatic carbocycles. The van der Waals surface area contributed by atoms with Gasteiger partial charge in [0.25, 0.3) is 0 Å². The summed E-state index contributed by atoms with van der Waals surface area (Å²) in [6.45, 7) is 3.46. The Morgan fingerprint density at radius 2 is 1.69 bits per heavy atom. The third-order valence-corrected chi connectivity index (χ3v) is 9.07. The van der Waals surface area contributed by atoms with Gasteiger partial charge >= 0.3 is 27.3 Å². The minimum Gasteiger partial charge on any atom is -0.461 e. The number of halogens is 2. The summed E-state index contributed by atoms with van der Waals surface area (Å²) < 4.78 is 74.9. The Morgan fingerprint density at radius 1 is 1.00 bits per heavy atom. The summed E-state index contributed by atoms with van der Waals surface area (Å²) in [4.78, 5) is 36.9. The smallest absolute Gasteiger partial charge is 0.461 e. The number of carbonyl (C=O) groups is 3. The molecule has 4 saturated carbocycles. The molecule has 8 atom stereocenters. The monoisotopic (exact) mass is 536 g/mol. The lowest BCUT2D eigenvalue weighted by molar-refractivity contribution is -0.199. The second-order valence-corrected chi connectivity index (χ2v) is 12.9. The Labute approximate surface area is 209 Å². The van der Waals surface area contributed by atoms with Crippen LogP contribution in [0.5, 0.6) is 0 Å². The highest BCUT2D eigenvalue weighted by atomic mass is 32.2. The van der Waals surface area contributed by atoms with Gasteiger partial charge in [-0.1, -0.05) is 13.8 Å². The van der Waals surface area contributed by atoms with E-state index in [1.807, 2.05) is 13.8 Å². The van der Waals surface area contributed by atoms with E-state index in [9.17, 15) is 31.6 Å². The van der Waals surface area contributed by atoms with Crippen LogP contribution >= 0.6 is 0 Å². The van der Waals surface area contributed by atoms with E-state index < -0.39 is 39.0 Å². The van der Waals surface area contributed by atoms with Crippen LogP contribution < -0.4 is 0 Å². The molecular weight excluding hydrogens is 502 g/mol. The SMILES string of the molecule is CC1CC2CC(OCC(=O)OC3CC4CC(C)C(=O)C(C4)C3)CC(OC(=O)C(F)(F)S(=O)(=O)O)(C1)C2. The van der Waals surface area contributed by atoms with E-state index in [0.29, 0.717) is 25.2 Å². The van der Waals surface area contributed by atoms with Gasteiger partial charge in [0.2, 0.25) is 0 Å². The number of hydrogen-bond donors (Lipinski definition) is 1. The molecule has 36 heavy (non-hydrogen) atoms. The number of ketones is 1. The summed E-state index contributed by atoms with van der Waals surface area (Å²) in [7, 11) is -5.98. The third-order valence-electron chi connectivity index (χ3n) is 8.26. The van der Waals surface area contributed by atoms with E-state index in [-0.39, 0.29) is 61.4 Å². The van der Waals surface area contributed by atoms with E-state index in [2.05, 4.69) is 0 Å². The van der Waals surface area contributed by atoms with Crippen LogP contribution in [0, 0.1) is 29.6 Å². The lowest BCUT2D eigenvalue weighted by atomic mass is 9.64. The number of esters is 2. The number of rotatable bonds is 7. The zero-order valence-electron chi connectivity index (χ0n) is 20.5. The van der Waals surface area contributed by atoms with Crippen molar-refractivity contribution in [3.05, 3.63) is 0 Å². The van der Waals surface area contributed by atoms with Crippen LogP contribution in [-0.4, -0.2) is 60.4 Å². The first kappa shape index (κ1) is 27.4. The van der Waals surface area contributed by atoms with Gasteiger partial charge in [0, 0.05) is 18.3 Å². The molecule has 4 fully saturated rings. The van der Waals surface area contributed by atoms with E-state index in [4.69, 9.17) is 18.8 Å². The van der Waals surface area contributed by atoms with Crippen molar-refractivity contribution in [2.75, 3.05) is 6.61 Å². The van der Waals surface area contributed by atoms with Crippen molar-refractivity contribution >= 4 is 27.8 Å². The Bertz CT molecular complexity index is 994. The van der Waals surface area contributed by atoms with Gasteiger partial charge in [0.1, 0.15) is 24.1 Å². The first-order valence-corrected chi connectivity index (χ1v) is 14.0. The Morgan fingerprint density at radius 3 is 2.39 bits per heavy atom. The Balaban J connectivity index is 1.34. The van der Waals surface area contributed by atoms with E-state index in [0.717, 1.165) is 19.3 Å². The minimum absolute atomic E-state index is 0.0222. The van der Waals surface area contributed by atoms with Crippen molar-refractivity contribution in [3.8, 4) is 0 Å². The van der Waals surface area contributed by atoms with Gasteiger partial charge in [-0.2, -0.15) is 17.2 Å². The summed E-state index contributed by atoms with van der Waals surface area (Å²) >= 11 is 0. The highest BCUT2D eigenvalue weighted by Gasteiger charge is 2.58. The zero-order valence-corrected chi connectivity index (χ0v) is 21.3. The van der Waals surface area contributed by atoms with Crippen molar-refractivity contribution in [1.29, 1.82) is 0 Å². The van der Waals surface area contributed by atoms with E-state index >= 15 is 0 Å². The van der Waals surface area contributed by atoms with Gasteiger partial charge < -0.3 is 14.2 Å². The van der Waals surface area contributed by atoms with Crippen molar-refractivity contribution in [1.82, 2.24) is 0 Å². The van der Waals surface area contributed by atoms with Crippen LogP contribution in [0.1, 0.15) is 71.6 Å². The molecule has 0 radical (unpaired) electrons. The second-order valence-electron chi connectivity index (χ2n) is 11.5. The molecule has 8 unspecified atom stereocenters. The van der Waals surface area contributed by atoms with Gasteiger partial charge in [-0.25, -0.2) is 9.59 Å². The van der Waals surface area contributed by atoms with Crippen LogP contribution in [0.15, 0.2) is 0 Å². The van der Waals surface area contributed by atoms with Crippen LogP contribution in [-0.2, 0) is 38.7 Å². The molecule has 1 N–H and O–H groups in total. The van der Waals surface area contributed by atoms with Gasteiger partial charge in [-0.05, 0) is 69.1 Å². The Kier molecular flexibility index (Phi) is 7.53. The number of Topliss-reactive ketones (excluding diaryl/α,β-unsaturated/α-hetero) is 1. The normalized spacial score (nSPS) is 38.8. The van der Waals surface area contributed by atoms with Crippen molar-refractivity contribution in [3.63, 3.8) is 0 Å². The van der Waals surface area contributed by atoms with Gasteiger partial charge in [-0.15, -0.1) is 0 Å². The van der Waals surface area contributed by atoms with E-state index in [1.54, 1.807) is 0 Å². The minimum atomic E-state index is -5.98. The summed E-state index contributed by atoms with van der Waals surface area (Å²) in [5.41, 5.74) is -1.38. The highest BCUT2D eigenvalue weighted by molar-refractivity contribution is 7.87. The average molecular weight is 537 g/mol. The van der Waals surface area contributed by atoms with Crippen molar-refractivity contribution in [2.24, 2.45) is 29.6 Å². The molecule has 0 aromatic rings. The number of alkyl halides is 2. The maximum absolute atomic E-state index is 13.9. The molecule has 0 spiro atoms. The maximum Gasteiger partial charge on any atom is 0.465 e. The fourth-order valence-corrected chi connectivity index (χ4v) is 7.39. The Hall–Kier alpha value is -1.66. The summed E-state index contributed by atoms with van der Waals surface area (Å²) in [5.74, 6) is -2.34. The van der Waals surface area contributed by atoms with Gasteiger partial charge in [-0.3, -0.25) is 9.35 Å². The fraction of sp³-hybridized carbons (Fsp3) is 0.875. The molecule has 4 bridgehead atoms. The molecule has 0 aliphatic heterocycles. The predicted octanol–water partition coefficient (Wildman–Crippen LogP) is 3.30. The van der Waals surface area contributed by atoms with Crippen molar-refractivity contribution in [2.45, 2.75) is 94.7 Å². The van der Waals surface area contributed by atoms with Crippen LogP contribution in [0.25, 0.3) is 0 Å². The first-order valence-electron chi connectivity index (χ1n) is 12.6. The molecule has 4 rings (SSSR count). The molecule has 4 aliphatic carbocycles. The highest BCUT2D eigenvalue weighted by Crippen LogP contribution is 2.49. The average Bonchev–Trinajstić information content (AvgIpc) is 2.74. The summed E-state index contributed by atoms with van der Waals surface area (Å²) in [6, 6.07) is 0. The molecule has 12 heteroatoms. The third kappa shape index (κ3) is 5.75. The molecule has 204 valence electrons. The molecule has 4 aliphatic rings. The molecule has 0 heterocycles. The lowest BCUT2D eigenvalue weighted by Crippen LogP contribution is -2.53. The number of carbonyl (C=O) groups excluding carboxylic acids is 3. The molecule has 0 amide bonds. The number of fused-ring (bicyclic) bond motifs is 4. The van der Waals surface area contributed by atoms with Gasteiger partial charge in [0.15, 0.2) is 0 Å². The molecule has 0 aromatic heterocycles.